The highest BCUT2D eigenvalue weighted by atomic mass is 31.2. The topological polar surface area (TPSA) is 54.0 Å². The fraction of sp³-hybridized carbons (Fsp3) is 0.471. The molecule has 1 fully saturated rings. The second-order valence-corrected chi connectivity index (χ2v) is 14.8. The van der Waals surface area contributed by atoms with Crippen LogP contribution in [0.4, 0.5) is 4.39 Å². The summed E-state index contributed by atoms with van der Waals surface area (Å²) in [5.74, 6) is 1.77. The number of hydrogen-bond donors (Lipinski definition) is 0. The SMILES string of the molecule is CCOP(C)(=O)CC(c1cccc(OCc2ccc(-c3cc(OC)ccc3F)c([C@@H](OC)C(C)(C)C)c2)c1)C1CC1. The second-order valence-electron chi connectivity index (χ2n) is 12.2. The van der Waals surface area contributed by atoms with Crippen LogP contribution in [0, 0.1) is 17.2 Å². The predicted molar refractivity (Wildman–Crippen MR) is 164 cm³/mol. The lowest BCUT2D eigenvalue weighted by molar-refractivity contribution is 0.0155. The third-order valence-electron chi connectivity index (χ3n) is 7.70. The van der Waals surface area contributed by atoms with E-state index in [1.807, 2.05) is 31.2 Å². The van der Waals surface area contributed by atoms with Crippen LogP contribution >= 0.6 is 7.37 Å². The molecule has 5 nitrogen and oxygen atoms in total. The Morgan fingerprint density at radius 3 is 2.37 bits per heavy atom. The summed E-state index contributed by atoms with van der Waals surface area (Å²) >= 11 is 0. The van der Waals surface area contributed by atoms with Crippen molar-refractivity contribution in [2.24, 2.45) is 11.3 Å². The summed E-state index contributed by atoms with van der Waals surface area (Å²) in [7, 11) is 0.600. The minimum atomic E-state index is -2.66. The van der Waals surface area contributed by atoms with E-state index in [1.54, 1.807) is 33.0 Å². The van der Waals surface area contributed by atoms with Gasteiger partial charge in [0.25, 0.3) is 0 Å². The van der Waals surface area contributed by atoms with E-state index in [4.69, 9.17) is 18.7 Å². The van der Waals surface area contributed by atoms with Crippen LogP contribution in [0.25, 0.3) is 11.1 Å². The first-order chi connectivity index (χ1) is 19.5. The normalized spacial score (nSPS) is 16.6. The van der Waals surface area contributed by atoms with E-state index in [1.165, 1.54) is 6.07 Å². The molecule has 2 unspecified atom stereocenters. The fourth-order valence-electron chi connectivity index (χ4n) is 5.66. The van der Waals surface area contributed by atoms with E-state index in [-0.39, 0.29) is 23.3 Å². The van der Waals surface area contributed by atoms with Crippen LogP contribution < -0.4 is 9.47 Å². The van der Waals surface area contributed by atoms with E-state index in [0.29, 0.717) is 36.6 Å². The molecule has 0 heterocycles. The second kappa shape index (κ2) is 13.1. The number of hydrogen-bond acceptors (Lipinski definition) is 5. The zero-order valence-corrected chi connectivity index (χ0v) is 26.3. The molecule has 0 bridgehead atoms. The summed E-state index contributed by atoms with van der Waals surface area (Å²) in [6.07, 6.45) is 2.57. The van der Waals surface area contributed by atoms with Crippen LogP contribution in [0.2, 0.25) is 0 Å². The fourth-order valence-corrected chi connectivity index (χ4v) is 7.53. The van der Waals surface area contributed by atoms with Gasteiger partial charge in [0, 0.05) is 25.5 Å². The van der Waals surface area contributed by atoms with E-state index >= 15 is 4.39 Å². The Bertz CT molecular complexity index is 1380. The Balaban J connectivity index is 1.62. The van der Waals surface area contributed by atoms with E-state index in [2.05, 4.69) is 39.0 Å². The molecule has 0 saturated heterocycles. The maximum Gasteiger partial charge on any atom is 0.200 e. The highest BCUT2D eigenvalue weighted by Crippen LogP contribution is 2.53. The van der Waals surface area contributed by atoms with Gasteiger partial charge in [-0.05, 0) is 95.7 Å². The van der Waals surface area contributed by atoms with Gasteiger partial charge in [-0.15, -0.1) is 0 Å². The van der Waals surface area contributed by atoms with Crippen LogP contribution in [0.15, 0.2) is 60.7 Å². The Morgan fingerprint density at radius 1 is 0.976 bits per heavy atom. The number of methoxy groups -OCH3 is 2. The van der Waals surface area contributed by atoms with Gasteiger partial charge in [-0.2, -0.15) is 0 Å². The number of rotatable bonds is 13. The Kier molecular flexibility index (Phi) is 10.00. The van der Waals surface area contributed by atoms with Gasteiger partial charge in [-0.1, -0.05) is 45.0 Å². The van der Waals surface area contributed by atoms with Gasteiger partial charge in [-0.25, -0.2) is 4.39 Å². The molecule has 222 valence electrons. The number of ether oxygens (including phenoxy) is 3. The summed E-state index contributed by atoms with van der Waals surface area (Å²) in [6.45, 7) is 10.8. The molecular weight excluding hydrogens is 538 g/mol. The van der Waals surface area contributed by atoms with Crippen LogP contribution in [0.5, 0.6) is 11.5 Å². The highest BCUT2D eigenvalue weighted by molar-refractivity contribution is 7.58. The molecule has 4 rings (SSSR count). The highest BCUT2D eigenvalue weighted by Gasteiger charge is 2.36. The van der Waals surface area contributed by atoms with Crippen molar-refractivity contribution in [3.05, 3.63) is 83.2 Å². The molecule has 7 heteroatoms. The average molecular weight is 583 g/mol. The van der Waals surface area contributed by atoms with Crippen molar-refractivity contribution in [3.8, 4) is 22.6 Å². The Labute approximate surface area is 244 Å². The molecule has 1 saturated carbocycles. The lowest BCUT2D eigenvalue weighted by Crippen LogP contribution is -2.21. The van der Waals surface area contributed by atoms with E-state index in [9.17, 15) is 4.57 Å². The van der Waals surface area contributed by atoms with E-state index in [0.717, 1.165) is 40.8 Å². The van der Waals surface area contributed by atoms with Gasteiger partial charge in [-0.3, -0.25) is 4.57 Å². The average Bonchev–Trinajstić information content (AvgIpc) is 3.76. The minimum Gasteiger partial charge on any atom is -0.497 e. The predicted octanol–water partition coefficient (Wildman–Crippen LogP) is 9.25. The van der Waals surface area contributed by atoms with Gasteiger partial charge in [0.2, 0.25) is 7.37 Å². The maximum absolute atomic E-state index is 15.1. The Hall–Kier alpha value is -2.66. The molecule has 0 amide bonds. The zero-order valence-electron chi connectivity index (χ0n) is 25.4. The number of benzene rings is 3. The first-order valence-electron chi connectivity index (χ1n) is 14.4. The monoisotopic (exact) mass is 582 g/mol. The van der Waals surface area contributed by atoms with Crippen LogP contribution in [0.1, 0.15) is 69.2 Å². The van der Waals surface area contributed by atoms with Crippen molar-refractivity contribution in [3.63, 3.8) is 0 Å². The van der Waals surface area contributed by atoms with E-state index < -0.39 is 7.37 Å². The molecule has 1 aliphatic rings. The van der Waals surface area contributed by atoms with Crippen molar-refractivity contribution >= 4 is 7.37 Å². The molecule has 3 aromatic carbocycles. The third-order valence-corrected chi connectivity index (χ3v) is 9.56. The first kappa shape index (κ1) is 31.3. The largest absolute Gasteiger partial charge is 0.497 e. The van der Waals surface area contributed by atoms with Crippen molar-refractivity contribution in [2.75, 3.05) is 33.7 Å². The molecule has 3 aromatic rings. The van der Waals surface area contributed by atoms with Crippen molar-refractivity contribution in [1.29, 1.82) is 0 Å². The molecular formula is C34H44FO5P. The van der Waals surface area contributed by atoms with Gasteiger partial charge >= 0.3 is 0 Å². The van der Waals surface area contributed by atoms with Gasteiger partial charge in [0.05, 0.1) is 19.8 Å². The number of halogens is 1. The van der Waals surface area contributed by atoms with Crippen LogP contribution in [-0.2, 0) is 20.4 Å². The Morgan fingerprint density at radius 2 is 1.73 bits per heavy atom. The third kappa shape index (κ3) is 8.00. The van der Waals surface area contributed by atoms with Crippen molar-refractivity contribution < 1.29 is 27.7 Å². The summed E-state index contributed by atoms with van der Waals surface area (Å²) in [5.41, 5.74) is 3.99. The quantitative estimate of drug-likeness (QED) is 0.188. The summed E-state index contributed by atoms with van der Waals surface area (Å²) in [6, 6.07) is 18.9. The lowest BCUT2D eigenvalue weighted by Gasteiger charge is -2.32. The molecule has 41 heavy (non-hydrogen) atoms. The van der Waals surface area contributed by atoms with Crippen LogP contribution in [-0.4, -0.2) is 33.7 Å². The summed E-state index contributed by atoms with van der Waals surface area (Å²) in [5, 5.41) is 0. The molecule has 0 aromatic heterocycles. The maximum atomic E-state index is 15.1. The lowest BCUT2D eigenvalue weighted by atomic mass is 9.81. The molecule has 3 atom stereocenters. The van der Waals surface area contributed by atoms with Crippen molar-refractivity contribution in [2.45, 2.75) is 59.2 Å². The summed E-state index contributed by atoms with van der Waals surface area (Å²) < 4.78 is 51.3. The molecule has 0 radical (unpaired) electrons. The molecule has 0 spiro atoms. The van der Waals surface area contributed by atoms with Gasteiger partial charge in [0.15, 0.2) is 0 Å². The summed E-state index contributed by atoms with van der Waals surface area (Å²) in [4.78, 5) is 0. The zero-order chi connectivity index (χ0) is 29.8. The molecule has 0 aliphatic heterocycles. The van der Waals surface area contributed by atoms with Crippen molar-refractivity contribution in [1.82, 2.24) is 0 Å². The first-order valence-corrected chi connectivity index (χ1v) is 16.6. The molecule has 1 aliphatic carbocycles. The van der Waals surface area contributed by atoms with Crippen LogP contribution in [0.3, 0.4) is 0 Å². The molecule has 0 N–H and O–H groups in total. The standard InChI is InChI=1S/C34H44FO5P/c1-8-40-41(7,36)22-31(24-13-14-24)25-10-9-11-27(19-25)39-21-23-12-16-28(29-20-26(37-5)15-17-32(29)35)30(18-23)33(38-6)34(2,3)4/h9-12,15-20,24,31,33H,8,13-14,21-22H2,1-7H3/t31?,33-,41?/m1/s1. The minimum absolute atomic E-state index is 0.193. The van der Waals surface area contributed by atoms with Gasteiger partial charge in [0.1, 0.15) is 23.9 Å². The smallest absolute Gasteiger partial charge is 0.200 e. The van der Waals surface area contributed by atoms with Gasteiger partial charge < -0.3 is 18.7 Å².